The van der Waals surface area contributed by atoms with Gasteiger partial charge in [-0.3, -0.25) is 4.79 Å². The molecule has 0 unspecified atom stereocenters. The predicted molar refractivity (Wildman–Crippen MR) is 94.0 cm³/mol. The Morgan fingerprint density at radius 2 is 1.70 bits per heavy atom. The molecular weight excluding hydrogens is 423 g/mol. The van der Waals surface area contributed by atoms with Crippen molar-refractivity contribution in [3.8, 4) is 0 Å². The molecule has 0 spiro atoms. The topological polar surface area (TPSA) is 51.2 Å². The van der Waals surface area contributed by atoms with Crippen LogP contribution in [0.25, 0.3) is 0 Å². The van der Waals surface area contributed by atoms with Gasteiger partial charge in [0, 0.05) is 16.0 Å². The van der Waals surface area contributed by atoms with Crippen molar-refractivity contribution in [3.05, 3.63) is 62.5 Å². The lowest BCUT2D eigenvalue weighted by Crippen LogP contribution is -2.14. The molecule has 0 amide bonds. The van der Waals surface area contributed by atoms with E-state index in [1.165, 1.54) is 18.2 Å². The van der Waals surface area contributed by atoms with Crippen LogP contribution >= 0.6 is 39.1 Å². The number of Topliss-reactive ketones (excluding diaryl/α,β-unsaturated/α-hetero) is 1. The van der Waals surface area contributed by atoms with Crippen molar-refractivity contribution in [3.63, 3.8) is 0 Å². The van der Waals surface area contributed by atoms with Crippen LogP contribution in [0.1, 0.15) is 16.8 Å². The number of benzene rings is 2. The quantitative estimate of drug-likeness (QED) is 0.650. The molecule has 0 aliphatic heterocycles. The highest BCUT2D eigenvalue weighted by Gasteiger charge is 2.52. The fraction of sp³-hybridized carbons (Fsp3) is 0.188. The number of halogens is 3. The fourth-order valence-corrected chi connectivity index (χ4v) is 4.98. The first-order chi connectivity index (χ1) is 10.8. The van der Waals surface area contributed by atoms with Crippen LogP contribution in [0.3, 0.4) is 0 Å². The maximum absolute atomic E-state index is 12.6. The summed E-state index contributed by atoms with van der Waals surface area (Å²) in [7, 11) is -3.59. The molecule has 3 nitrogen and oxygen atoms in total. The molecule has 7 heteroatoms. The second-order valence-corrected chi connectivity index (χ2v) is 9.27. The number of ketones is 1. The Labute approximate surface area is 152 Å². The minimum atomic E-state index is -3.59. The largest absolute Gasteiger partial charge is 0.294 e. The third kappa shape index (κ3) is 3.33. The number of sulfone groups is 1. The summed E-state index contributed by atoms with van der Waals surface area (Å²) in [5.74, 6) is -0.651. The second-order valence-electron chi connectivity index (χ2n) is 5.37. The first-order valence-corrected chi connectivity index (χ1v) is 9.89. The average molecular weight is 434 g/mol. The third-order valence-corrected chi connectivity index (χ3v) is 7.31. The van der Waals surface area contributed by atoms with E-state index in [0.717, 1.165) is 4.47 Å². The molecule has 2 atom stereocenters. The van der Waals surface area contributed by atoms with Gasteiger partial charge in [0.2, 0.25) is 0 Å². The van der Waals surface area contributed by atoms with Gasteiger partial charge in [0.1, 0.15) is 0 Å². The maximum Gasteiger partial charge on any atom is 0.182 e. The van der Waals surface area contributed by atoms with E-state index >= 15 is 0 Å². The molecule has 0 N–H and O–H groups in total. The highest BCUT2D eigenvalue weighted by molar-refractivity contribution is 9.10. The Balaban J connectivity index is 1.82. The number of hydrogen-bond donors (Lipinski definition) is 0. The molecule has 3 rings (SSSR count). The fourth-order valence-electron chi connectivity index (χ4n) is 2.45. The third-order valence-electron chi connectivity index (χ3n) is 3.82. The van der Waals surface area contributed by atoms with Crippen LogP contribution < -0.4 is 0 Å². The highest BCUT2D eigenvalue weighted by Crippen LogP contribution is 2.43. The van der Waals surface area contributed by atoms with Crippen molar-refractivity contribution in [2.45, 2.75) is 16.6 Å². The molecule has 120 valence electrons. The summed E-state index contributed by atoms with van der Waals surface area (Å²) in [6.07, 6.45) is 0.331. The van der Waals surface area contributed by atoms with Crippen LogP contribution in [0.4, 0.5) is 0 Å². The lowest BCUT2D eigenvalue weighted by atomic mass is 10.1. The van der Waals surface area contributed by atoms with Gasteiger partial charge in [-0.25, -0.2) is 8.42 Å². The summed E-state index contributed by atoms with van der Waals surface area (Å²) in [6.45, 7) is 0. The Bertz CT molecular complexity index is 879. The monoisotopic (exact) mass is 432 g/mol. The minimum Gasteiger partial charge on any atom is -0.294 e. The van der Waals surface area contributed by atoms with Crippen LogP contribution in [0.15, 0.2) is 51.8 Å². The summed E-state index contributed by atoms with van der Waals surface area (Å²) >= 11 is 15.0. The van der Waals surface area contributed by atoms with Gasteiger partial charge < -0.3 is 0 Å². The van der Waals surface area contributed by atoms with Crippen molar-refractivity contribution in [1.82, 2.24) is 0 Å². The lowest BCUT2D eigenvalue weighted by molar-refractivity contribution is 0.0968. The van der Waals surface area contributed by atoms with Crippen LogP contribution in [0, 0.1) is 5.92 Å². The average Bonchev–Trinajstić information content (AvgIpc) is 3.31. The molecule has 0 heterocycles. The molecule has 0 bridgehead atoms. The highest BCUT2D eigenvalue weighted by atomic mass is 79.9. The summed E-state index contributed by atoms with van der Waals surface area (Å²) in [6, 6.07) is 11.1. The van der Waals surface area contributed by atoms with E-state index < -0.39 is 21.0 Å². The summed E-state index contributed by atoms with van der Waals surface area (Å²) in [4.78, 5) is 12.5. The van der Waals surface area contributed by atoms with E-state index in [-0.39, 0.29) is 15.7 Å². The number of hydrogen-bond acceptors (Lipinski definition) is 3. The van der Waals surface area contributed by atoms with Crippen molar-refractivity contribution in [2.75, 3.05) is 0 Å². The second kappa shape index (κ2) is 6.20. The molecule has 0 aromatic heterocycles. The zero-order valence-corrected chi connectivity index (χ0v) is 15.6. The van der Waals surface area contributed by atoms with Gasteiger partial charge in [0.05, 0.1) is 20.2 Å². The smallest absolute Gasteiger partial charge is 0.182 e. The van der Waals surface area contributed by atoms with Crippen molar-refractivity contribution >= 4 is 54.8 Å². The molecule has 1 aliphatic rings. The lowest BCUT2D eigenvalue weighted by Gasteiger charge is -2.05. The maximum atomic E-state index is 12.6. The molecular formula is C16H11BrCl2O3S. The van der Waals surface area contributed by atoms with Crippen molar-refractivity contribution < 1.29 is 13.2 Å². The van der Waals surface area contributed by atoms with Gasteiger partial charge in [-0.05, 0) is 36.8 Å². The normalized spacial score (nSPS) is 20.3. The molecule has 1 fully saturated rings. The van der Waals surface area contributed by atoms with Crippen molar-refractivity contribution in [1.29, 1.82) is 0 Å². The summed E-state index contributed by atoms with van der Waals surface area (Å²) < 4.78 is 26.1. The van der Waals surface area contributed by atoms with Crippen LogP contribution in [-0.4, -0.2) is 19.5 Å². The van der Waals surface area contributed by atoms with E-state index in [1.807, 2.05) is 0 Å². The number of carbonyl (C=O) groups excluding carboxylic acids is 1. The molecule has 1 saturated carbocycles. The van der Waals surface area contributed by atoms with Crippen LogP contribution in [-0.2, 0) is 9.84 Å². The Morgan fingerprint density at radius 1 is 1.04 bits per heavy atom. The zero-order valence-electron chi connectivity index (χ0n) is 11.7. The Kier molecular flexibility index (Phi) is 4.58. The molecule has 1 aliphatic carbocycles. The Hall–Kier alpha value is -0.880. The summed E-state index contributed by atoms with van der Waals surface area (Å²) in [5.41, 5.74) is 0.519. The zero-order chi connectivity index (χ0) is 16.8. The molecule has 0 saturated heterocycles. The van der Waals surface area contributed by atoms with E-state index in [0.29, 0.717) is 17.0 Å². The predicted octanol–water partition coefficient (Wildman–Crippen LogP) is 4.80. The first kappa shape index (κ1) is 17.0. The van der Waals surface area contributed by atoms with Gasteiger partial charge in [0.25, 0.3) is 0 Å². The minimum absolute atomic E-state index is 0.100. The molecule has 2 aromatic carbocycles. The molecule has 0 radical (unpaired) electrons. The standard InChI is InChI=1S/C16H11BrCl2O3S/c17-10-3-1-9(2-4-10)16(20)12-8-15(12)23(21,22)11-5-6-13(18)14(19)7-11/h1-7,12,15H,8H2/t12-,15-/m1/s1. The molecule has 2 aromatic rings. The van der Waals surface area contributed by atoms with Crippen LogP contribution in [0.5, 0.6) is 0 Å². The number of rotatable bonds is 4. The molecule has 23 heavy (non-hydrogen) atoms. The van der Waals surface area contributed by atoms with Gasteiger partial charge in [-0.2, -0.15) is 0 Å². The van der Waals surface area contributed by atoms with Gasteiger partial charge in [-0.15, -0.1) is 0 Å². The van der Waals surface area contributed by atoms with Gasteiger partial charge >= 0.3 is 0 Å². The summed E-state index contributed by atoms with van der Waals surface area (Å²) in [5, 5.41) is -0.219. The SMILES string of the molecule is O=C(c1ccc(Br)cc1)[C@@H]1C[C@H]1S(=O)(=O)c1ccc(Cl)c(Cl)c1. The van der Waals surface area contributed by atoms with Crippen LogP contribution in [0.2, 0.25) is 10.0 Å². The van der Waals surface area contributed by atoms with E-state index in [2.05, 4.69) is 15.9 Å². The Morgan fingerprint density at radius 3 is 2.30 bits per heavy atom. The first-order valence-electron chi connectivity index (χ1n) is 6.79. The van der Waals surface area contributed by atoms with Gasteiger partial charge in [-0.1, -0.05) is 51.3 Å². The van der Waals surface area contributed by atoms with E-state index in [9.17, 15) is 13.2 Å². The van der Waals surface area contributed by atoms with E-state index in [1.54, 1.807) is 24.3 Å². The number of carbonyl (C=O) groups is 1. The van der Waals surface area contributed by atoms with Crippen molar-refractivity contribution in [2.24, 2.45) is 5.92 Å². The van der Waals surface area contributed by atoms with Gasteiger partial charge in [0.15, 0.2) is 15.6 Å². The van der Waals surface area contributed by atoms with E-state index in [4.69, 9.17) is 23.2 Å².